The van der Waals surface area contributed by atoms with Gasteiger partial charge in [0.05, 0.1) is 5.41 Å². The van der Waals surface area contributed by atoms with Crippen LogP contribution < -0.4 is 9.64 Å². The summed E-state index contributed by atoms with van der Waals surface area (Å²) < 4.78 is 6.81. The molecule has 60 heavy (non-hydrogen) atoms. The first-order valence-electron chi connectivity index (χ1n) is 21.0. The van der Waals surface area contributed by atoms with Crippen LogP contribution in [0.4, 0.5) is 17.1 Å². The number of rotatable bonds is 6. The van der Waals surface area contributed by atoms with Crippen LogP contribution in [0.25, 0.3) is 39.0 Å². The molecule has 8 aromatic carbocycles. The van der Waals surface area contributed by atoms with Crippen molar-refractivity contribution in [1.29, 1.82) is 0 Å². The van der Waals surface area contributed by atoms with Crippen LogP contribution in [0.1, 0.15) is 61.1 Å². The van der Waals surface area contributed by atoms with Crippen molar-refractivity contribution in [3.05, 3.63) is 239 Å². The molecule has 1 heterocycles. The zero-order chi connectivity index (χ0) is 40.6. The van der Waals surface area contributed by atoms with Gasteiger partial charge in [-0.05, 0) is 130 Å². The van der Waals surface area contributed by atoms with Gasteiger partial charge in [0.1, 0.15) is 11.5 Å². The van der Waals surface area contributed by atoms with E-state index < -0.39 is 5.41 Å². The normalized spacial score (nSPS) is 16.5. The van der Waals surface area contributed by atoms with Gasteiger partial charge in [0.15, 0.2) is 0 Å². The van der Waals surface area contributed by atoms with Crippen molar-refractivity contribution >= 4 is 22.6 Å². The first kappa shape index (κ1) is 36.0. The summed E-state index contributed by atoms with van der Waals surface area (Å²) in [7, 11) is 0. The molecule has 0 N–H and O–H groups in total. The fraction of sp³-hybridized carbons (Fsp3) is 0.103. The zero-order valence-electron chi connectivity index (χ0n) is 34.4. The highest BCUT2D eigenvalue weighted by Gasteiger charge is 2.52. The van der Waals surface area contributed by atoms with Crippen molar-refractivity contribution in [1.82, 2.24) is 0 Å². The Bertz CT molecular complexity index is 3040. The molecule has 0 bridgehead atoms. The Labute approximate surface area is 353 Å². The van der Waals surface area contributed by atoms with Gasteiger partial charge in [0.25, 0.3) is 0 Å². The molecule has 3 aliphatic rings. The summed E-state index contributed by atoms with van der Waals surface area (Å²) in [6, 6.07) is 68.9. The predicted octanol–water partition coefficient (Wildman–Crippen LogP) is 15.6. The number of ether oxygens (including phenoxy) is 1. The van der Waals surface area contributed by atoms with Crippen LogP contribution in [-0.4, -0.2) is 0 Å². The third-order valence-electron chi connectivity index (χ3n) is 13.4. The fourth-order valence-electron chi connectivity index (χ4n) is 10.4. The smallest absolute Gasteiger partial charge is 0.132 e. The highest BCUT2D eigenvalue weighted by Crippen LogP contribution is 2.64. The molecule has 1 aliphatic heterocycles. The Hall–Kier alpha value is -7.16. The number of fused-ring (bicyclic) bond motifs is 10. The second-order valence-electron chi connectivity index (χ2n) is 16.8. The Morgan fingerprint density at radius 3 is 1.85 bits per heavy atom. The summed E-state index contributed by atoms with van der Waals surface area (Å²) in [5.74, 6) is 1.78. The molecule has 1 spiro atoms. The van der Waals surface area contributed by atoms with Gasteiger partial charge in [-0.15, -0.1) is 0 Å². The van der Waals surface area contributed by atoms with E-state index in [1.807, 2.05) is 0 Å². The maximum Gasteiger partial charge on any atom is 0.132 e. The van der Waals surface area contributed by atoms with Gasteiger partial charge in [-0.25, -0.2) is 0 Å². The molecule has 0 radical (unpaired) electrons. The van der Waals surface area contributed by atoms with Crippen molar-refractivity contribution in [3.63, 3.8) is 0 Å². The van der Waals surface area contributed by atoms with Crippen LogP contribution in [0.15, 0.2) is 206 Å². The molecule has 1 unspecified atom stereocenters. The number of benzene rings is 8. The van der Waals surface area contributed by atoms with Crippen LogP contribution >= 0.6 is 0 Å². The van der Waals surface area contributed by atoms with E-state index in [9.17, 15) is 0 Å². The average Bonchev–Trinajstić information content (AvgIpc) is 3.69. The predicted molar refractivity (Wildman–Crippen MR) is 250 cm³/mol. The van der Waals surface area contributed by atoms with Crippen LogP contribution in [-0.2, 0) is 10.8 Å². The lowest BCUT2D eigenvalue weighted by molar-refractivity contribution is 0.436. The molecule has 2 nitrogen and oxygen atoms in total. The lowest BCUT2D eigenvalue weighted by Gasteiger charge is -2.40. The molecule has 1 atom stereocenters. The van der Waals surface area contributed by atoms with E-state index in [1.54, 1.807) is 0 Å². The monoisotopic (exact) mass is 771 g/mol. The summed E-state index contributed by atoms with van der Waals surface area (Å²) in [5, 5.41) is 0. The topological polar surface area (TPSA) is 12.5 Å². The largest absolute Gasteiger partial charge is 0.457 e. The highest BCUT2D eigenvalue weighted by atomic mass is 16.5. The van der Waals surface area contributed by atoms with E-state index >= 15 is 0 Å². The SMILES string of the molecule is C/C=C\C1=C(C)C(C)(C)c2cc(N(c3ccccc3)c3ccc(-c4cccc5c4C4(c6ccccc6Oc6ccc(-c7ccccc7)cc64)c4ccccc4-5)cc3)ccc21. The van der Waals surface area contributed by atoms with Crippen LogP contribution in [0, 0.1) is 0 Å². The maximum atomic E-state index is 6.81. The lowest BCUT2D eigenvalue weighted by atomic mass is 9.64. The number of anilines is 3. The first-order chi connectivity index (χ1) is 29.4. The summed E-state index contributed by atoms with van der Waals surface area (Å²) >= 11 is 0. The molecule has 0 saturated carbocycles. The standard InChI is InChI=1S/C58H45NO/c1-5-17-45-38(2)57(3,4)52-37-44(33-34-48(45)52)59(42-20-10-7-11-21-42)43-31-28-40(29-32-43)46-23-16-24-49-47-22-12-13-25-50(47)58(56(46)49)51-26-14-15-27-54(51)60-55-35-30-41(36-53(55)58)39-18-8-6-9-19-39/h5-37H,1-4H3/b17-5-. The lowest BCUT2D eigenvalue weighted by Crippen LogP contribution is -2.32. The van der Waals surface area contributed by atoms with Crippen LogP contribution in [0.2, 0.25) is 0 Å². The molecule has 0 fully saturated rings. The molecule has 0 amide bonds. The molecular weight excluding hydrogens is 727 g/mol. The van der Waals surface area contributed by atoms with E-state index in [0.717, 1.165) is 39.7 Å². The zero-order valence-corrected chi connectivity index (χ0v) is 34.4. The van der Waals surface area contributed by atoms with Crippen LogP contribution in [0.3, 0.4) is 0 Å². The molecule has 8 aromatic rings. The van der Waals surface area contributed by atoms with Crippen molar-refractivity contribution in [3.8, 4) is 44.9 Å². The number of allylic oxidation sites excluding steroid dienone is 4. The summed E-state index contributed by atoms with van der Waals surface area (Å²) in [5.41, 5.74) is 20.3. The Balaban J connectivity index is 1.10. The van der Waals surface area contributed by atoms with Gasteiger partial charge >= 0.3 is 0 Å². The minimum absolute atomic E-state index is 0.0725. The van der Waals surface area contributed by atoms with Gasteiger partial charge in [-0.3, -0.25) is 0 Å². The summed E-state index contributed by atoms with van der Waals surface area (Å²) in [6.45, 7) is 9.09. The quantitative estimate of drug-likeness (QED) is 0.167. The summed E-state index contributed by atoms with van der Waals surface area (Å²) in [6.07, 6.45) is 4.42. The molecule has 11 rings (SSSR count). The minimum Gasteiger partial charge on any atom is -0.457 e. The average molecular weight is 772 g/mol. The van der Waals surface area contributed by atoms with E-state index in [1.165, 1.54) is 66.8 Å². The number of nitrogens with zero attached hydrogens (tertiary/aromatic N) is 1. The Kier molecular flexibility index (Phi) is 8.22. The van der Waals surface area contributed by atoms with Crippen LogP contribution in [0.5, 0.6) is 11.5 Å². The van der Waals surface area contributed by atoms with Gasteiger partial charge < -0.3 is 9.64 Å². The molecule has 0 aromatic heterocycles. The second kappa shape index (κ2) is 13.7. The van der Waals surface area contributed by atoms with Gasteiger partial charge in [-0.2, -0.15) is 0 Å². The molecule has 2 aliphatic carbocycles. The van der Waals surface area contributed by atoms with Gasteiger partial charge in [0.2, 0.25) is 0 Å². The molecule has 288 valence electrons. The van der Waals surface area contributed by atoms with Gasteiger partial charge in [-0.1, -0.05) is 165 Å². The minimum atomic E-state index is -0.610. The molecular formula is C58H45NO. The summed E-state index contributed by atoms with van der Waals surface area (Å²) in [4.78, 5) is 2.39. The van der Waals surface area contributed by atoms with E-state index in [-0.39, 0.29) is 5.41 Å². The third kappa shape index (κ3) is 5.20. The molecule has 0 saturated heterocycles. The molecule has 2 heteroatoms. The van der Waals surface area contributed by atoms with Crippen molar-refractivity contribution < 1.29 is 4.74 Å². The Morgan fingerprint density at radius 1 is 0.450 bits per heavy atom. The first-order valence-corrected chi connectivity index (χ1v) is 21.0. The number of hydrogen-bond donors (Lipinski definition) is 0. The van der Waals surface area contributed by atoms with E-state index in [2.05, 4.69) is 233 Å². The second-order valence-corrected chi connectivity index (χ2v) is 16.8. The number of hydrogen-bond acceptors (Lipinski definition) is 2. The van der Waals surface area contributed by atoms with Gasteiger partial charge in [0, 0.05) is 33.6 Å². The highest BCUT2D eigenvalue weighted by molar-refractivity contribution is 5.95. The van der Waals surface area contributed by atoms with E-state index in [0.29, 0.717) is 0 Å². The number of para-hydroxylation sites is 2. The fourth-order valence-corrected chi connectivity index (χ4v) is 10.4. The van der Waals surface area contributed by atoms with E-state index in [4.69, 9.17) is 4.74 Å². The maximum absolute atomic E-state index is 6.81. The van der Waals surface area contributed by atoms with Crippen molar-refractivity contribution in [2.45, 2.75) is 38.5 Å². The Morgan fingerprint density at radius 2 is 1.07 bits per heavy atom. The van der Waals surface area contributed by atoms with Crippen molar-refractivity contribution in [2.75, 3.05) is 4.90 Å². The van der Waals surface area contributed by atoms with Crippen molar-refractivity contribution in [2.24, 2.45) is 0 Å². The third-order valence-corrected chi connectivity index (χ3v) is 13.4.